The number of aliphatic carboxylic acids is 1. The molecule has 0 aromatic carbocycles. The number of carbonyl (C=O) groups is 3. The van der Waals surface area contributed by atoms with Crippen LogP contribution in [0, 0.1) is 11.3 Å². The highest BCUT2D eigenvalue weighted by Crippen LogP contribution is 2.35. The minimum Gasteiger partial charge on any atom is -0.481 e. The number of hydrogen-bond donors (Lipinski definition) is 1. The first kappa shape index (κ1) is 14.4. The van der Waals surface area contributed by atoms with E-state index in [4.69, 9.17) is 0 Å². The number of carboxylic acids is 1. The van der Waals surface area contributed by atoms with Gasteiger partial charge in [0, 0.05) is 32.1 Å². The molecule has 0 aromatic heterocycles. The number of piperidine rings is 1. The van der Waals surface area contributed by atoms with Crippen molar-refractivity contribution in [2.24, 2.45) is 11.3 Å². The third-order valence-corrected chi connectivity index (χ3v) is 5.19. The maximum Gasteiger partial charge on any atom is 0.309 e. The first-order valence-corrected chi connectivity index (χ1v) is 7.72. The van der Waals surface area contributed by atoms with Crippen LogP contribution >= 0.6 is 0 Å². The SMILES string of the molecule is CC1(C(=O)O)CCN(C(=O)C2CC(=O)N(C3CC3)C2)CC1. The molecule has 0 radical (unpaired) electrons. The normalized spacial score (nSPS) is 28.8. The molecule has 0 bridgehead atoms. The molecule has 1 unspecified atom stereocenters. The summed E-state index contributed by atoms with van der Waals surface area (Å²) >= 11 is 0. The molecule has 2 amide bonds. The van der Waals surface area contributed by atoms with Gasteiger partial charge in [-0.1, -0.05) is 0 Å². The number of nitrogens with zero attached hydrogens (tertiary/aromatic N) is 2. The first-order chi connectivity index (χ1) is 9.90. The first-order valence-electron chi connectivity index (χ1n) is 7.72. The molecular weight excluding hydrogens is 272 g/mol. The molecule has 1 atom stereocenters. The quantitative estimate of drug-likeness (QED) is 0.831. The number of carboxylic acid groups (broad SMARTS) is 1. The molecular formula is C15H22N2O4. The number of carbonyl (C=O) groups excluding carboxylic acids is 2. The van der Waals surface area contributed by atoms with E-state index in [0.29, 0.717) is 44.9 Å². The third kappa shape index (κ3) is 2.63. The topological polar surface area (TPSA) is 77.9 Å². The van der Waals surface area contributed by atoms with Crippen LogP contribution in [0.2, 0.25) is 0 Å². The second kappa shape index (κ2) is 5.00. The zero-order valence-electron chi connectivity index (χ0n) is 12.4. The maximum atomic E-state index is 12.5. The minimum atomic E-state index is -0.787. The number of likely N-dealkylation sites (tertiary alicyclic amines) is 2. The van der Waals surface area contributed by atoms with Crippen molar-refractivity contribution in [1.82, 2.24) is 9.80 Å². The lowest BCUT2D eigenvalue weighted by atomic mass is 9.80. The predicted octanol–water partition coefficient (Wildman–Crippen LogP) is 0.711. The molecule has 0 aromatic rings. The minimum absolute atomic E-state index is 0.0268. The van der Waals surface area contributed by atoms with Crippen molar-refractivity contribution in [2.45, 2.75) is 45.1 Å². The smallest absolute Gasteiger partial charge is 0.309 e. The molecule has 6 heteroatoms. The van der Waals surface area contributed by atoms with Gasteiger partial charge in [-0.05, 0) is 32.6 Å². The molecule has 1 N–H and O–H groups in total. The standard InChI is InChI=1S/C15H22N2O4/c1-15(14(20)21)4-6-16(7-5-15)13(19)10-8-12(18)17(9-10)11-2-3-11/h10-11H,2-9H2,1H3,(H,20,21). The van der Waals surface area contributed by atoms with Crippen molar-refractivity contribution in [3.63, 3.8) is 0 Å². The van der Waals surface area contributed by atoms with E-state index < -0.39 is 11.4 Å². The fourth-order valence-electron chi connectivity index (χ4n) is 3.33. The Bertz CT molecular complexity index is 478. The number of hydrogen-bond acceptors (Lipinski definition) is 3. The summed E-state index contributed by atoms with van der Waals surface area (Å²) in [4.78, 5) is 39.3. The van der Waals surface area contributed by atoms with Gasteiger partial charge in [-0.15, -0.1) is 0 Å². The van der Waals surface area contributed by atoms with Crippen molar-refractivity contribution in [3.05, 3.63) is 0 Å². The summed E-state index contributed by atoms with van der Waals surface area (Å²) in [5, 5.41) is 9.22. The molecule has 0 spiro atoms. The molecule has 2 saturated heterocycles. The summed E-state index contributed by atoms with van der Waals surface area (Å²) < 4.78 is 0. The van der Waals surface area contributed by atoms with Crippen LogP contribution in [0.15, 0.2) is 0 Å². The molecule has 2 heterocycles. The molecule has 21 heavy (non-hydrogen) atoms. The fourth-order valence-corrected chi connectivity index (χ4v) is 3.33. The van der Waals surface area contributed by atoms with E-state index in [0.717, 1.165) is 12.8 Å². The van der Waals surface area contributed by atoms with Gasteiger partial charge < -0.3 is 14.9 Å². The van der Waals surface area contributed by atoms with Gasteiger partial charge in [0.05, 0.1) is 11.3 Å². The van der Waals surface area contributed by atoms with Gasteiger partial charge in [0.2, 0.25) is 11.8 Å². The monoisotopic (exact) mass is 294 g/mol. The lowest BCUT2D eigenvalue weighted by molar-refractivity contribution is -0.153. The van der Waals surface area contributed by atoms with Gasteiger partial charge in [0.25, 0.3) is 0 Å². The van der Waals surface area contributed by atoms with Crippen molar-refractivity contribution in [2.75, 3.05) is 19.6 Å². The second-order valence-electron chi connectivity index (χ2n) is 6.87. The second-order valence-corrected chi connectivity index (χ2v) is 6.87. The molecule has 1 aliphatic carbocycles. The molecule has 3 fully saturated rings. The lowest BCUT2D eigenvalue weighted by Gasteiger charge is -2.37. The van der Waals surface area contributed by atoms with E-state index in [1.165, 1.54) is 0 Å². The Labute approximate surface area is 124 Å². The van der Waals surface area contributed by atoms with Crippen LogP contribution < -0.4 is 0 Å². The van der Waals surface area contributed by atoms with Gasteiger partial charge in [-0.2, -0.15) is 0 Å². The molecule has 2 aliphatic heterocycles. The van der Waals surface area contributed by atoms with E-state index >= 15 is 0 Å². The summed E-state index contributed by atoms with van der Waals surface area (Å²) in [6.45, 7) is 3.26. The van der Waals surface area contributed by atoms with E-state index in [9.17, 15) is 19.5 Å². The number of amides is 2. The summed E-state index contributed by atoms with van der Waals surface area (Å²) in [6.07, 6.45) is 3.42. The van der Waals surface area contributed by atoms with E-state index in [2.05, 4.69) is 0 Å². The average Bonchev–Trinajstić information content (AvgIpc) is 3.22. The van der Waals surface area contributed by atoms with Crippen molar-refractivity contribution < 1.29 is 19.5 Å². The number of rotatable bonds is 3. The van der Waals surface area contributed by atoms with Crippen LogP contribution in [-0.2, 0) is 14.4 Å². The van der Waals surface area contributed by atoms with Crippen LogP contribution in [0.25, 0.3) is 0 Å². The Morgan fingerprint density at radius 3 is 2.38 bits per heavy atom. The lowest BCUT2D eigenvalue weighted by Crippen LogP contribution is -2.47. The highest BCUT2D eigenvalue weighted by Gasteiger charge is 2.44. The van der Waals surface area contributed by atoms with Gasteiger partial charge >= 0.3 is 5.97 Å². The molecule has 3 rings (SSSR count). The van der Waals surface area contributed by atoms with Gasteiger partial charge in [0.1, 0.15) is 0 Å². The van der Waals surface area contributed by atoms with Crippen molar-refractivity contribution in [1.29, 1.82) is 0 Å². The third-order valence-electron chi connectivity index (χ3n) is 5.19. The summed E-state index contributed by atoms with van der Waals surface area (Å²) in [7, 11) is 0. The van der Waals surface area contributed by atoms with Crippen molar-refractivity contribution >= 4 is 17.8 Å². The predicted molar refractivity (Wildman–Crippen MR) is 74.4 cm³/mol. The Hall–Kier alpha value is -1.59. The Balaban J connectivity index is 1.57. The van der Waals surface area contributed by atoms with Crippen LogP contribution in [0.4, 0.5) is 0 Å². The van der Waals surface area contributed by atoms with Gasteiger partial charge in [0.15, 0.2) is 0 Å². The highest BCUT2D eigenvalue weighted by molar-refractivity contribution is 5.89. The molecule has 6 nitrogen and oxygen atoms in total. The van der Waals surface area contributed by atoms with Crippen LogP contribution in [-0.4, -0.2) is 58.4 Å². The van der Waals surface area contributed by atoms with Gasteiger partial charge in [-0.3, -0.25) is 14.4 Å². The molecule has 1 saturated carbocycles. The summed E-state index contributed by atoms with van der Waals surface area (Å²) in [5.74, 6) is -0.889. The van der Waals surface area contributed by atoms with Crippen LogP contribution in [0.5, 0.6) is 0 Å². The summed E-state index contributed by atoms with van der Waals surface area (Å²) in [5.41, 5.74) is -0.720. The van der Waals surface area contributed by atoms with E-state index in [1.54, 1.807) is 11.8 Å². The van der Waals surface area contributed by atoms with Gasteiger partial charge in [-0.25, -0.2) is 0 Å². The zero-order valence-corrected chi connectivity index (χ0v) is 12.4. The molecule has 3 aliphatic rings. The van der Waals surface area contributed by atoms with Crippen LogP contribution in [0.3, 0.4) is 0 Å². The Kier molecular flexibility index (Phi) is 3.42. The molecule has 116 valence electrons. The highest BCUT2D eigenvalue weighted by atomic mass is 16.4. The zero-order chi connectivity index (χ0) is 15.2. The summed E-state index contributed by atoms with van der Waals surface area (Å²) in [6, 6.07) is 0.368. The average molecular weight is 294 g/mol. The van der Waals surface area contributed by atoms with E-state index in [-0.39, 0.29) is 17.7 Å². The Morgan fingerprint density at radius 1 is 1.24 bits per heavy atom. The fraction of sp³-hybridized carbons (Fsp3) is 0.800. The maximum absolute atomic E-state index is 12.5. The Morgan fingerprint density at radius 2 is 1.86 bits per heavy atom. The van der Waals surface area contributed by atoms with Crippen LogP contribution in [0.1, 0.15) is 39.0 Å². The van der Waals surface area contributed by atoms with E-state index in [1.807, 2.05) is 4.90 Å². The largest absolute Gasteiger partial charge is 0.481 e. The van der Waals surface area contributed by atoms with Crippen molar-refractivity contribution in [3.8, 4) is 0 Å².